The molecule has 0 aliphatic heterocycles. The molecule has 0 aliphatic carbocycles. The number of aryl methyl sites for hydroxylation is 1. The maximum Gasteiger partial charge on any atom is 0.253 e. The standard InChI is InChI=1S/C18H20FN3O4S2/c1-13-7-9-14(10-8-13)28(25,26)22(2)11-17(23)20-21-18(24)12-27-16-6-4-3-5-15(16)19/h3-10H,11-12H2,1-2H3,(H,20,23)(H,21,24). The number of likely N-dealkylation sites (N-methyl/N-ethyl adjacent to an activating group) is 1. The monoisotopic (exact) mass is 425 g/mol. The van der Waals surface area contributed by atoms with Crippen LogP contribution in [0, 0.1) is 12.7 Å². The lowest BCUT2D eigenvalue weighted by molar-refractivity contribution is -0.127. The molecule has 2 aromatic rings. The first-order chi connectivity index (χ1) is 13.2. The predicted molar refractivity (Wildman–Crippen MR) is 104 cm³/mol. The predicted octanol–water partition coefficient (Wildman–Crippen LogP) is 1.69. The highest BCUT2D eigenvalue weighted by atomic mass is 32.2. The molecule has 150 valence electrons. The van der Waals surface area contributed by atoms with Gasteiger partial charge in [0, 0.05) is 11.9 Å². The van der Waals surface area contributed by atoms with Crippen LogP contribution in [0.25, 0.3) is 0 Å². The molecule has 7 nitrogen and oxygen atoms in total. The molecule has 0 saturated carbocycles. The summed E-state index contributed by atoms with van der Waals surface area (Å²) in [6, 6.07) is 12.3. The molecule has 0 aromatic heterocycles. The van der Waals surface area contributed by atoms with Gasteiger partial charge in [0.05, 0.1) is 17.2 Å². The number of nitrogens with zero attached hydrogens (tertiary/aromatic N) is 1. The van der Waals surface area contributed by atoms with Crippen LogP contribution in [0.3, 0.4) is 0 Å². The number of hydrogen-bond donors (Lipinski definition) is 2. The van der Waals surface area contributed by atoms with E-state index in [2.05, 4.69) is 10.9 Å². The topological polar surface area (TPSA) is 95.6 Å². The largest absolute Gasteiger partial charge is 0.272 e. The third-order valence-electron chi connectivity index (χ3n) is 3.63. The minimum Gasteiger partial charge on any atom is -0.272 e. The zero-order chi connectivity index (χ0) is 20.7. The van der Waals surface area contributed by atoms with E-state index < -0.39 is 34.2 Å². The van der Waals surface area contributed by atoms with Crippen LogP contribution >= 0.6 is 11.8 Å². The fourth-order valence-corrected chi connectivity index (χ4v) is 3.96. The fraction of sp³-hybridized carbons (Fsp3) is 0.222. The van der Waals surface area contributed by atoms with Gasteiger partial charge in [0.15, 0.2) is 0 Å². The van der Waals surface area contributed by atoms with E-state index in [1.54, 1.807) is 24.3 Å². The zero-order valence-corrected chi connectivity index (χ0v) is 16.9. The van der Waals surface area contributed by atoms with E-state index in [0.717, 1.165) is 21.6 Å². The lowest BCUT2D eigenvalue weighted by Gasteiger charge is -2.17. The molecule has 0 bridgehead atoms. The van der Waals surface area contributed by atoms with Gasteiger partial charge in [-0.25, -0.2) is 12.8 Å². The zero-order valence-electron chi connectivity index (χ0n) is 15.3. The maximum atomic E-state index is 13.5. The van der Waals surface area contributed by atoms with E-state index in [1.807, 2.05) is 6.92 Å². The fourth-order valence-electron chi connectivity index (χ4n) is 2.10. The first-order valence-electron chi connectivity index (χ1n) is 8.18. The van der Waals surface area contributed by atoms with Gasteiger partial charge in [-0.2, -0.15) is 4.31 Å². The number of sulfonamides is 1. The molecule has 2 amide bonds. The van der Waals surface area contributed by atoms with Crippen molar-refractivity contribution in [1.82, 2.24) is 15.2 Å². The van der Waals surface area contributed by atoms with Gasteiger partial charge in [0.25, 0.3) is 5.91 Å². The molecule has 0 fully saturated rings. The van der Waals surface area contributed by atoms with Crippen LogP contribution < -0.4 is 10.9 Å². The summed E-state index contributed by atoms with van der Waals surface area (Å²) in [7, 11) is -2.56. The second-order valence-corrected chi connectivity index (χ2v) is 8.95. The molecule has 0 heterocycles. The molecular weight excluding hydrogens is 405 g/mol. The van der Waals surface area contributed by atoms with E-state index >= 15 is 0 Å². The Balaban J connectivity index is 1.82. The number of nitrogens with one attached hydrogen (secondary N) is 2. The molecule has 0 unspecified atom stereocenters. The number of halogens is 1. The Kier molecular flexibility index (Phi) is 7.55. The van der Waals surface area contributed by atoms with Crippen molar-refractivity contribution >= 4 is 33.6 Å². The number of carbonyl (C=O) groups excluding carboxylic acids is 2. The number of hydrazine groups is 1. The van der Waals surface area contributed by atoms with Crippen molar-refractivity contribution in [3.63, 3.8) is 0 Å². The number of carbonyl (C=O) groups is 2. The Morgan fingerprint density at radius 1 is 1.04 bits per heavy atom. The molecule has 0 saturated heterocycles. The first-order valence-corrected chi connectivity index (χ1v) is 10.6. The summed E-state index contributed by atoms with van der Waals surface area (Å²) in [5.41, 5.74) is 5.23. The first kappa shape index (κ1) is 21.9. The Hall–Kier alpha value is -2.43. The maximum absolute atomic E-state index is 13.5. The average molecular weight is 426 g/mol. The summed E-state index contributed by atoms with van der Waals surface area (Å²) in [5.74, 6) is -1.81. The van der Waals surface area contributed by atoms with Crippen LogP contribution in [0.15, 0.2) is 58.3 Å². The summed E-state index contributed by atoms with van der Waals surface area (Å²) < 4.78 is 39.2. The minimum atomic E-state index is -3.83. The molecule has 0 atom stereocenters. The van der Waals surface area contributed by atoms with E-state index in [9.17, 15) is 22.4 Å². The van der Waals surface area contributed by atoms with Gasteiger partial charge in [-0.05, 0) is 31.2 Å². The molecule has 2 N–H and O–H groups in total. The number of rotatable bonds is 7. The molecule has 10 heteroatoms. The third kappa shape index (κ3) is 6.04. The van der Waals surface area contributed by atoms with Gasteiger partial charge in [0.2, 0.25) is 15.9 Å². The molecular formula is C18H20FN3O4S2. The lowest BCUT2D eigenvalue weighted by Crippen LogP contribution is -2.47. The number of thioether (sulfide) groups is 1. The van der Waals surface area contributed by atoms with E-state index in [0.29, 0.717) is 4.90 Å². The van der Waals surface area contributed by atoms with Crippen LogP contribution in [-0.4, -0.2) is 43.9 Å². The van der Waals surface area contributed by atoms with Crippen molar-refractivity contribution in [2.45, 2.75) is 16.7 Å². The van der Waals surface area contributed by atoms with Gasteiger partial charge < -0.3 is 0 Å². The molecule has 28 heavy (non-hydrogen) atoms. The highest BCUT2D eigenvalue weighted by Crippen LogP contribution is 2.20. The summed E-state index contributed by atoms with van der Waals surface area (Å²) in [5, 5.41) is 0. The van der Waals surface area contributed by atoms with Crippen molar-refractivity contribution in [1.29, 1.82) is 0 Å². The van der Waals surface area contributed by atoms with Gasteiger partial charge in [-0.15, -0.1) is 11.8 Å². The molecule has 2 rings (SSSR count). The number of amides is 2. The molecule has 2 aromatic carbocycles. The average Bonchev–Trinajstić information content (AvgIpc) is 2.66. The van der Waals surface area contributed by atoms with Crippen LogP contribution in [0.2, 0.25) is 0 Å². The van der Waals surface area contributed by atoms with Crippen LogP contribution in [-0.2, 0) is 19.6 Å². The quantitative estimate of drug-likeness (QED) is 0.520. The SMILES string of the molecule is Cc1ccc(S(=O)(=O)N(C)CC(=O)NNC(=O)CSc2ccccc2F)cc1. The van der Waals surface area contributed by atoms with E-state index in [4.69, 9.17) is 0 Å². The number of hydrogen-bond acceptors (Lipinski definition) is 5. The van der Waals surface area contributed by atoms with Crippen molar-refractivity contribution in [2.24, 2.45) is 0 Å². The number of benzene rings is 2. The third-order valence-corrected chi connectivity index (χ3v) is 6.50. The summed E-state index contributed by atoms with van der Waals surface area (Å²) >= 11 is 0.979. The van der Waals surface area contributed by atoms with E-state index in [-0.39, 0.29) is 10.6 Å². The Morgan fingerprint density at radius 3 is 2.29 bits per heavy atom. The van der Waals surface area contributed by atoms with Crippen molar-refractivity contribution in [2.75, 3.05) is 19.3 Å². The van der Waals surface area contributed by atoms with E-state index in [1.165, 1.54) is 31.3 Å². The molecule has 0 spiro atoms. The Bertz CT molecular complexity index is 950. The second kappa shape index (κ2) is 9.67. The minimum absolute atomic E-state index is 0.0683. The van der Waals surface area contributed by atoms with Gasteiger partial charge in [-0.3, -0.25) is 20.4 Å². The summed E-state index contributed by atoms with van der Waals surface area (Å²) in [6.07, 6.45) is 0. The molecule has 0 aliphatic rings. The summed E-state index contributed by atoms with van der Waals surface area (Å²) in [4.78, 5) is 24.1. The van der Waals surface area contributed by atoms with Crippen LogP contribution in [0.4, 0.5) is 4.39 Å². The second-order valence-electron chi connectivity index (χ2n) is 5.89. The Labute approximate surface area is 167 Å². The Morgan fingerprint density at radius 2 is 1.64 bits per heavy atom. The summed E-state index contributed by atoms with van der Waals surface area (Å²) in [6.45, 7) is 1.36. The molecule has 0 radical (unpaired) electrons. The lowest BCUT2D eigenvalue weighted by atomic mass is 10.2. The highest BCUT2D eigenvalue weighted by Gasteiger charge is 2.23. The van der Waals surface area contributed by atoms with Crippen molar-refractivity contribution < 1.29 is 22.4 Å². The van der Waals surface area contributed by atoms with Crippen LogP contribution in [0.1, 0.15) is 5.56 Å². The van der Waals surface area contributed by atoms with Gasteiger partial charge in [0.1, 0.15) is 5.82 Å². The highest BCUT2D eigenvalue weighted by molar-refractivity contribution is 8.00. The van der Waals surface area contributed by atoms with Crippen LogP contribution in [0.5, 0.6) is 0 Å². The van der Waals surface area contributed by atoms with Crippen molar-refractivity contribution in [3.05, 3.63) is 59.9 Å². The van der Waals surface area contributed by atoms with Gasteiger partial charge >= 0.3 is 0 Å². The van der Waals surface area contributed by atoms with Crippen molar-refractivity contribution in [3.8, 4) is 0 Å². The normalized spacial score (nSPS) is 11.3. The smallest absolute Gasteiger partial charge is 0.253 e. The van der Waals surface area contributed by atoms with Gasteiger partial charge in [-0.1, -0.05) is 29.8 Å².